The molecule has 2 heteroatoms. The summed E-state index contributed by atoms with van der Waals surface area (Å²) in [6, 6.07) is 0. The van der Waals surface area contributed by atoms with Crippen LogP contribution in [0.5, 0.6) is 0 Å². The molecule has 0 fully saturated rings. The maximum absolute atomic E-state index is 5.12. The molecule has 0 aliphatic carbocycles. The molecular formula is C7H14NS+. The Morgan fingerprint density at radius 3 is 2.11 bits per heavy atom. The Kier molecular flexibility index (Phi) is 3.10. The zero-order valence-electron chi connectivity index (χ0n) is 6.26. The van der Waals surface area contributed by atoms with Crippen molar-refractivity contribution in [1.29, 1.82) is 0 Å². The van der Waals surface area contributed by atoms with Crippen molar-refractivity contribution < 1.29 is 4.48 Å². The fourth-order valence-corrected chi connectivity index (χ4v) is 0.485. The second-order valence-electron chi connectivity index (χ2n) is 3.01. The van der Waals surface area contributed by atoms with E-state index in [4.69, 9.17) is 6.42 Å². The number of thiol groups is 1. The van der Waals surface area contributed by atoms with Crippen LogP contribution in [0, 0.1) is 12.3 Å². The first-order chi connectivity index (χ1) is 3.98. The molecule has 0 radical (unpaired) electrons. The molecule has 0 bridgehead atoms. The highest BCUT2D eigenvalue weighted by atomic mass is 32.1. The monoisotopic (exact) mass is 144 g/mol. The molecule has 1 nitrogen and oxygen atoms in total. The molecule has 0 heterocycles. The Balaban J connectivity index is 3.76. The smallest absolute Gasteiger partial charge is 0.143 e. The molecule has 9 heavy (non-hydrogen) atoms. The third kappa shape index (κ3) is 3.45. The Morgan fingerprint density at radius 2 is 2.00 bits per heavy atom. The molecule has 0 aliphatic rings. The van der Waals surface area contributed by atoms with Gasteiger partial charge in [0.1, 0.15) is 5.37 Å². The lowest BCUT2D eigenvalue weighted by molar-refractivity contribution is -0.879. The van der Waals surface area contributed by atoms with Gasteiger partial charge in [-0.1, -0.05) is 5.92 Å². The predicted molar refractivity (Wildman–Crippen MR) is 44.3 cm³/mol. The van der Waals surface area contributed by atoms with E-state index in [1.165, 1.54) is 0 Å². The predicted octanol–water partition coefficient (Wildman–Crippen LogP) is 0.972. The first-order valence-electron chi connectivity index (χ1n) is 2.91. The van der Waals surface area contributed by atoms with Crippen LogP contribution in [0.1, 0.15) is 6.42 Å². The molecule has 52 valence electrons. The third-order valence-electron chi connectivity index (χ3n) is 1.19. The largest absolute Gasteiger partial charge is 0.319 e. The van der Waals surface area contributed by atoms with Crippen LogP contribution in [0.25, 0.3) is 0 Å². The zero-order valence-corrected chi connectivity index (χ0v) is 7.15. The van der Waals surface area contributed by atoms with Crippen LogP contribution in [0.15, 0.2) is 0 Å². The second kappa shape index (κ2) is 3.14. The van der Waals surface area contributed by atoms with E-state index in [1.807, 2.05) is 0 Å². The first kappa shape index (κ1) is 8.87. The fraction of sp³-hybridized carbons (Fsp3) is 0.714. The van der Waals surface area contributed by atoms with Gasteiger partial charge in [-0.15, -0.1) is 19.1 Å². The molecule has 0 saturated carbocycles. The van der Waals surface area contributed by atoms with Gasteiger partial charge in [0, 0.05) is 0 Å². The van der Waals surface area contributed by atoms with E-state index in [0.29, 0.717) is 0 Å². The standard InChI is InChI=1S/C7H13NS/c1-5-6-7(9)8(2,3)4/h1,7H,6H2,2-4H3/p+1. The topological polar surface area (TPSA) is 0 Å². The summed E-state index contributed by atoms with van der Waals surface area (Å²) in [7, 11) is 6.24. The Morgan fingerprint density at radius 1 is 1.56 bits per heavy atom. The second-order valence-corrected chi connectivity index (χ2v) is 3.60. The minimum Gasteiger partial charge on any atom is -0.319 e. The summed E-state index contributed by atoms with van der Waals surface area (Å²) in [5.74, 6) is 2.58. The molecular weight excluding hydrogens is 130 g/mol. The molecule has 0 spiro atoms. The summed E-state index contributed by atoms with van der Waals surface area (Å²) in [4.78, 5) is 0. The van der Waals surface area contributed by atoms with E-state index in [-0.39, 0.29) is 5.37 Å². The maximum atomic E-state index is 5.12. The van der Waals surface area contributed by atoms with E-state index in [2.05, 4.69) is 39.7 Å². The van der Waals surface area contributed by atoms with Crippen molar-refractivity contribution in [2.75, 3.05) is 21.1 Å². The van der Waals surface area contributed by atoms with E-state index < -0.39 is 0 Å². The van der Waals surface area contributed by atoms with Gasteiger partial charge in [0.05, 0.1) is 27.6 Å². The van der Waals surface area contributed by atoms with Crippen molar-refractivity contribution in [3.05, 3.63) is 0 Å². The Hall–Kier alpha value is -0.130. The number of quaternary nitrogens is 1. The highest BCUT2D eigenvalue weighted by molar-refractivity contribution is 7.80. The van der Waals surface area contributed by atoms with Gasteiger partial charge < -0.3 is 4.48 Å². The van der Waals surface area contributed by atoms with E-state index in [0.717, 1.165) is 10.9 Å². The number of rotatable bonds is 2. The van der Waals surface area contributed by atoms with Crippen LogP contribution in [0.4, 0.5) is 0 Å². The SMILES string of the molecule is C#CCC(S)[N+](C)(C)C. The third-order valence-corrected chi connectivity index (χ3v) is 2.07. The molecule has 1 atom stereocenters. The summed E-state index contributed by atoms with van der Waals surface area (Å²) in [5.41, 5.74) is 0. The minimum absolute atomic E-state index is 0.259. The lowest BCUT2D eigenvalue weighted by Gasteiger charge is -2.29. The normalized spacial score (nSPS) is 14.6. The highest BCUT2D eigenvalue weighted by Gasteiger charge is 2.16. The van der Waals surface area contributed by atoms with Crippen LogP contribution < -0.4 is 0 Å². The van der Waals surface area contributed by atoms with Crippen LogP contribution in [-0.4, -0.2) is 31.0 Å². The van der Waals surface area contributed by atoms with Gasteiger partial charge in [-0.05, 0) is 0 Å². The maximum Gasteiger partial charge on any atom is 0.143 e. The summed E-state index contributed by atoms with van der Waals surface area (Å²) >= 11 is 4.32. The lowest BCUT2D eigenvalue weighted by atomic mass is 10.4. The minimum atomic E-state index is 0.259. The number of nitrogens with zero attached hydrogens (tertiary/aromatic N) is 1. The lowest BCUT2D eigenvalue weighted by Crippen LogP contribution is -2.41. The molecule has 0 aliphatic heterocycles. The van der Waals surface area contributed by atoms with Gasteiger partial charge in [-0.3, -0.25) is 0 Å². The molecule has 0 saturated heterocycles. The van der Waals surface area contributed by atoms with E-state index >= 15 is 0 Å². The Labute approximate surface area is 63.1 Å². The Bertz CT molecular complexity index is 118. The van der Waals surface area contributed by atoms with Gasteiger partial charge in [-0.2, -0.15) is 0 Å². The van der Waals surface area contributed by atoms with Crippen molar-refractivity contribution in [3.8, 4) is 12.3 Å². The van der Waals surface area contributed by atoms with Crippen LogP contribution in [-0.2, 0) is 0 Å². The number of hydrogen-bond acceptors (Lipinski definition) is 1. The fourth-order valence-electron chi connectivity index (χ4n) is 0.379. The molecule has 0 aromatic heterocycles. The van der Waals surface area contributed by atoms with Crippen LogP contribution >= 0.6 is 12.6 Å². The molecule has 0 rings (SSSR count). The molecule has 0 aromatic carbocycles. The molecule has 0 N–H and O–H groups in total. The molecule has 0 aromatic rings. The number of hydrogen-bond donors (Lipinski definition) is 1. The van der Waals surface area contributed by atoms with Crippen LogP contribution in [0.2, 0.25) is 0 Å². The highest BCUT2D eigenvalue weighted by Crippen LogP contribution is 2.09. The van der Waals surface area contributed by atoms with Crippen molar-refractivity contribution in [1.82, 2.24) is 0 Å². The molecule has 1 unspecified atom stereocenters. The summed E-state index contributed by atoms with van der Waals surface area (Å²) < 4.78 is 0.813. The van der Waals surface area contributed by atoms with E-state index in [1.54, 1.807) is 0 Å². The summed E-state index contributed by atoms with van der Waals surface area (Å²) in [6.45, 7) is 0. The quantitative estimate of drug-likeness (QED) is 0.254. The summed E-state index contributed by atoms with van der Waals surface area (Å²) in [5, 5.41) is 0.259. The van der Waals surface area contributed by atoms with Gasteiger partial charge in [0.25, 0.3) is 0 Å². The van der Waals surface area contributed by atoms with Crippen LogP contribution in [0.3, 0.4) is 0 Å². The number of terminal acetylenes is 1. The van der Waals surface area contributed by atoms with Crippen molar-refractivity contribution in [2.24, 2.45) is 0 Å². The van der Waals surface area contributed by atoms with Gasteiger partial charge in [0.15, 0.2) is 0 Å². The van der Waals surface area contributed by atoms with Crippen molar-refractivity contribution in [3.63, 3.8) is 0 Å². The summed E-state index contributed by atoms with van der Waals surface area (Å²) in [6.07, 6.45) is 5.85. The average Bonchev–Trinajstić information content (AvgIpc) is 1.64. The van der Waals surface area contributed by atoms with Gasteiger partial charge in [0.2, 0.25) is 0 Å². The molecule has 0 amide bonds. The average molecular weight is 144 g/mol. The van der Waals surface area contributed by atoms with Crippen molar-refractivity contribution in [2.45, 2.75) is 11.8 Å². The zero-order chi connectivity index (χ0) is 7.49. The van der Waals surface area contributed by atoms with Gasteiger partial charge >= 0.3 is 0 Å². The first-order valence-corrected chi connectivity index (χ1v) is 3.42. The van der Waals surface area contributed by atoms with E-state index in [9.17, 15) is 0 Å². The van der Waals surface area contributed by atoms with Crippen molar-refractivity contribution >= 4 is 12.6 Å². The van der Waals surface area contributed by atoms with Gasteiger partial charge in [-0.25, -0.2) is 0 Å².